The molecule has 0 unspecified atom stereocenters. The van der Waals surface area contributed by atoms with Crippen LogP contribution in [0.3, 0.4) is 0 Å². The fourth-order valence-corrected chi connectivity index (χ4v) is 4.07. The molecular weight excluding hydrogens is 394 g/mol. The standard InChI is InChI=1S/C24H29N3O4/c1-26(2)24(29)17-6-9-19(10-7-17)25-16-23(28)27-12-3-5-20(27)18-8-11-21-22(15-18)31-14-4-13-30-21/h6-11,15,20,25H,3-5,12-14,16H2,1-2H3/t20-/m1/s1. The maximum absolute atomic E-state index is 13.0. The molecule has 2 aliphatic heterocycles. The van der Waals surface area contributed by atoms with Gasteiger partial charge in [-0.25, -0.2) is 0 Å². The molecule has 2 aromatic rings. The Morgan fingerprint density at radius 3 is 2.52 bits per heavy atom. The first kappa shape index (κ1) is 21.0. The summed E-state index contributed by atoms with van der Waals surface area (Å²) in [5.74, 6) is 1.55. The van der Waals surface area contributed by atoms with Gasteiger partial charge in [0.1, 0.15) is 0 Å². The molecule has 31 heavy (non-hydrogen) atoms. The molecular formula is C24H29N3O4. The van der Waals surface area contributed by atoms with E-state index in [1.807, 2.05) is 35.2 Å². The Hall–Kier alpha value is -3.22. The van der Waals surface area contributed by atoms with E-state index in [2.05, 4.69) is 5.32 Å². The second-order valence-electron chi connectivity index (χ2n) is 8.13. The number of nitrogens with zero attached hydrogens (tertiary/aromatic N) is 2. The molecule has 1 atom stereocenters. The maximum atomic E-state index is 13.0. The lowest BCUT2D eigenvalue weighted by Gasteiger charge is -2.26. The largest absolute Gasteiger partial charge is 0.490 e. The Morgan fingerprint density at radius 1 is 1.03 bits per heavy atom. The predicted molar refractivity (Wildman–Crippen MR) is 119 cm³/mol. The molecule has 0 saturated carbocycles. The molecule has 7 nitrogen and oxygen atoms in total. The number of benzene rings is 2. The van der Waals surface area contributed by atoms with Crippen LogP contribution in [0, 0.1) is 0 Å². The highest BCUT2D eigenvalue weighted by Crippen LogP contribution is 2.37. The van der Waals surface area contributed by atoms with Gasteiger partial charge in [0.2, 0.25) is 5.91 Å². The zero-order valence-electron chi connectivity index (χ0n) is 18.1. The van der Waals surface area contributed by atoms with Crippen LogP contribution in [0.2, 0.25) is 0 Å². The van der Waals surface area contributed by atoms with Crippen molar-refractivity contribution in [3.05, 3.63) is 53.6 Å². The van der Waals surface area contributed by atoms with Crippen molar-refractivity contribution in [1.82, 2.24) is 9.80 Å². The van der Waals surface area contributed by atoms with Gasteiger partial charge in [0.15, 0.2) is 11.5 Å². The van der Waals surface area contributed by atoms with Gasteiger partial charge in [-0.1, -0.05) is 6.07 Å². The van der Waals surface area contributed by atoms with E-state index in [-0.39, 0.29) is 24.4 Å². The second kappa shape index (κ2) is 9.29. The molecule has 0 aromatic heterocycles. The van der Waals surface area contributed by atoms with Crippen LogP contribution in [0.4, 0.5) is 5.69 Å². The van der Waals surface area contributed by atoms with E-state index in [1.54, 1.807) is 31.1 Å². The average molecular weight is 424 g/mol. The number of ether oxygens (including phenoxy) is 2. The lowest BCUT2D eigenvalue weighted by atomic mass is 10.0. The Balaban J connectivity index is 1.39. The third-order valence-corrected chi connectivity index (χ3v) is 5.71. The molecule has 1 N–H and O–H groups in total. The highest BCUT2D eigenvalue weighted by molar-refractivity contribution is 5.94. The second-order valence-corrected chi connectivity index (χ2v) is 8.13. The van der Waals surface area contributed by atoms with E-state index in [0.29, 0.717) is 18.8 Å². The first-order valence-corrected chi connectivity index (χ1v) is 10.8. The normalized spacial score (nSPS) is 17.7. The van der Waals surface area contributed by atoms with Gasteiger partial charge >= 0.3 is 0 Å². The van der Waals surface area contributed by atoms with Gasteiger partial charge in [0.05, 0.1) is 25.8 Å². The number of carbonyl (C=O) groups is 2. The topological polar surface area (TPSA) is 71.1 Å². The van der Waals surface area contributed by atoms with Crippen LogP contribution in [0.15, 0.2) is 42.5 Å². The lowest BCUT2D eigenvalue weighted by Crippen LogP contribution is -2.35. The number of hydrogen-bond donors (Lipinski definition) is 1. The zero-order valence-corrected chi connectivity index (χ0v) is 18.1. The first-order chi connectivity index (χ1) is 15.0. The summed E-state index contributed by atoms with van der Waals surface area (Å²) >= 11 is 0. The van der Waals surface area contributed by atoms with E-state index in [0.717, 1.165) is 48.6 Å². The molecule has 7 heteroatoms. The smallest absolute Gasteiger partial charge is 0.253 e. The molecule has 0 bridgehead atoms. The van der Waals surface area contributed by atoms with Crippen molar-refractivity contribution in [2.24, 2.45) is 0 Å². The maximum Gasteiger partial charge on any atom is 0.253 e. The third-order valence-electron chi connectivity index (χ3n) is 5.71. The minimum absolute atomic E-state index is 0.0438. The Kier molecular flexibility index (Phi) is 6.30. The molecule has 2 heterocycles. The highest BCUT2D eigenvalue weighted by atomic mass is 16.5. The first-order valence-electron chi connectivity index (χ1n) is 10.8. The van der Waals surface area contributed by atoms with Gasteiger partial charge in [0, 0.05) is 38.3 Å². The number of carbonyl (C=O) groups excluding carboxylic acids is 2. The number of amides is 2. The quantitative estimate of drug-likeness (QED) is 0.799. The monoisotopic (exact) mass is 423 g/mol. The predicted octanol–water partition coefficient (Wildman–Crippen LogP) is 3.33. The molecule has 164 valence electrons. The minimum atomic E-state index is -0.0438. The molecule has 4 rings (SSSR count). The SMILES string of the molecule is CN(C)C(=O)c1ccc(NCC(=O)N2CCC[C@@H]2c2ccc3c(c2)OCCCO3)cc1. The van der Waals surface area contributed by atoms with Gasteiger partial charge in [-0.05, 0) is 54.8 Å². The molecule has 1 fully saturated rings. The number of fused-ring (bicyclic) bond motifs is 1. The molecule has 1 saturated heterocycles. The number of hydrogen-bond acceptors (Lipinski definition) is 5. The summed E-state index contributed by atoms with van der Waals surface area (Å²) in [5.41, 5.74) is 2.52. The van der Waals surface area contributed by atoms with Gasteiger partial charge in [-0.2, -0.15) is 0 Å². The van der Waals surface area contributed by atoms with Crippen LogP contribution in [0.1, 0.15) is 41.2 Å². The van der Waals surface area contributed by atoms with Gasteiger partial charge < -0.3 is 24.6 Å². The number of nitrogens with one attached hydrogen (secondary N) is 1. The van der Waals surface area contributed by atoms with Gasteiger partial charge in [-0.15, -0.1) is 0 Å². The summed E-state index contributed by atoms with van der Waals surface area (Å²) in [6, 6.07) is 13.3. The Bertz CT molecular complexity index is 942. The van der Waals surface area contributed by atoms with E-state index in [1.165, 1.54) is 0 Å². The summed E-state index contributed by atoms with van der Waals surface area (Å²) in [5, 5.41) is 3.19. The van der Waals surface area contributed by atoms with E-state index < -0.39 is 0 Å². The summed E-state index contributed by atoms with van der Waals surface area (Å²) in [6.45, 7) is 2.26. The summed E-state index contributed by atoms with van der Waals surface area (Å²) < 4.78 is 11.5. The van der Waals surface area contributed by atoms with Crippen molar-refractivity contribution in [3.63, 3.8) is 0 Å². The van der Waals surface area contributed by atoms with E-state index >= 15 is 0 Å². The number of anilines is 1. The van der Waals surface area contributed by atoms with Crippen LogP contribution in [0.5, 0.6) is 11.5 Å². The zero-order chi connectivity index (χ0) is 21.8. The van der Waals surface area contributed by atoms with Crippen LogP contribution in [-0.4, -0.2) is 62.0 Å². The molecule has 2 aliphatic rings. The molecule has 0 radical (unpaired) electrons. The summed E-state index contributed by atoms with van der Waals surface area (Å²) in [6.07, 6.45) is 2.78. The van der Waals surface area contributed by atoms with Crippen molar-refractivity contribution >= 4 is 17.5 Å². The third kappa shape index (κ3) is 4.76. The van der Waals surface area contributed by atoms with Crippen LogP contribution in [0.25, 0.3) is 0 Å². The molecule has 0 spiro atoms. The van der Waals surface area contributed by atoms with Crippen LogP contribution in [-0.2, 0) is 4.79 Å². The van der Waals surface area contributed by atoms with Crippen molar-refractivity contribution in [3.8, 4) is 11.5 Å². The number of likely N-dealkylation sites (tertiary alicyclic amines) is 1. The van der Waals surface area contributed by atoms with Crippen molar-refractivity contribution in [2.75, 3.05) is 45.7 Å². The minimum Gasteiger partial charge on any atom is -0.490 e. The van der Waals surface area contributed by atoms with E-state index in [4.69, 9.17) is 9.47 Å². The number of rotatable bonds is 5. The Labute approximate surface area is 182 Å². The van der Waals surface area contributed by atoms with Gasteiger partial charge in [0.25, 0.3) is 5.91 Å². The molecule has 2 aromatic carbocycles. The summed E-state index contributed by atoms with van der Waals surface area (Å²) in [7, 11) is 3.45. The van der Waals surface area contributed by atoms with Crippen molar-refractivity contribution < 1.29 is 19.1 Å². The van der Waals surface area contributed by atoms with Gasteiger partial charge in [-0.3, -0.25) is 9.59 Å². The fourth-order valence-electron chi connectivity index (χ4n) is 4.07. The van der Waals surface area contributed by atoms with Crippen molar-refractivity contribution in [1.29, 1.82) is 0 Å². The van der Waals surface area contributed by atoms with Crippen LogP contribution < -0.4 is 14.8 Å². The lowest BCUT2D eigenvalue weighted by molar-refractivity contribution is -0.130. The highest BCUT2D eigenvalue weighted by Gasteiger charge is 2.30. The fraction of sp³-hybridized carbons (Fsp3) is 0.417. The van der Waals surface area contributed by atoms with E-state index in [9.17, 15) is 9.59 Å². The Morgan fingerprint density at radius 2 is 1.77 bits per heavy atom. The molecule has 0 aliphatic carbocycles. The summed E-state index contributed by atoms with van der Waals surface area (Å²) in [4.78, 5) is 28.4. The average Bonchev–Trinajstić information content (AvgIpc) is 3.16. The van der Waals surface area contributed by atoms with Crippen LogP contribution >= 0.6 is 0 Å². The molecule has 2 amide bonds. The van der Waals surface area contributed by atoms with Crippen molar-refractivity contribution in [2.45, 2.75) is 25.3 Å².